The molecule has 1 aromatic rings. The molecule has 0 aromatic carbocycles. The maximum atomic E-state index is 8.79. The quantitative estimate of drug-likeness (QED) is 0.669. The molecule has 0 aliphatic heterocycles. The molecule has 0 saturated carbocycles. The van der Waals surface area contributed by atoms with Gasteiger partial charge in [0.05, 0.1) is 19.3 Å². The van der Waals surface area contributed by atoms with Crippen molar-refractivity contribution in [2.45, 2.75) is 6.61 Å². The van der Waals surface area contributed by atoms with Crippen LogP contribution >= 0.6 is 11.6 Å². The zero-order valence-electron chi connectivity index (χ0n) is 5.91. The van der Waals surface area contributed by atoms with Crippen molar-refractivity contribution in [1.82, 2.24) is 9.97 Å². The zero-order valence-corrected chi connectivity index (χ0v) is 6.67. The number of rotatable bonds is 2. The highest BCUT2D eigenvalue weighted by atomic mass is 35.5. The van der Waals surface area contributed by atoms with Crippen molar-refractivity contribution < 1.29 is 9.84 Å². The first-order chi connectivity index (χ1) is 5.29. The fraction of sp³-hybridized carbons (Fsp3) is 0.333. The van der Waals surface area contributed by atoms with E-state index in [1.807, 2.05) is 0 Å². The van der Waals surface area contributed by atoms with E-state index in [0.29, 0.717) is 11.4 Å². The van der Waals surface area contributed by atoms with Gasteiger partial charge >= 0.3 is 0 Å². The van der Waals surface area contributed by atoms with Gasteiger partial charge in [-0.1, -0.05) is 11.6 Å². The summed E-state index contributed by atoms with van der Waals surface area (Å²) >= 11 is 5.62. The first-order valence-electron chi connectivity index (χ1n) is 2.93. The predicted molar refractivity (Wildman–Crippen MR) is 39.5 cm³/mol. The van der Waals surface area contributed by atoms with Crippen LogP contribution in [0.1, 0.15) is 5.56 Å². The van der Waals surface area contributed by atoms with Crippen molar-refractivity contribution >= 4 is 11.6 Å². The second kappa shape index (κ2) is 3.50. The SMILES string of the molecule is COc1ncnc(Cl)c1CO. The molecule has 0 bridgehead atoms. The smallest absolute Gasteiger partial charge is 0.223 e. The third-order valence-corrected chi connectivity index (χ3v) is 1.53. The summed E-state index contributed by atoms with van der Waals surface area (Å²) in [4.78, 5) is 7.42. The molecular formula is C6H7ClN2O2. The van der Waals surface area contributed by atoms with Gasteiger partial charge in [-0.05, 0) is 0 Å². The van der Waals surface area contributed by atoms with Crippen LogP contribution in [0.2, 0.25) is 5.15 Å². The number of hydrogen-bond donors (Lipinski definition) is 1. The van der Waals surface area contributed by atoms with Crippen LogP contribution in [0.25, 0.3) is 0 Å². The maximum absolute atomic E-state index is 8.79. The summed E-state index contributed by atoms with van der Waals surface area (Å²) in [6.07, 6.45) is 1.28. The fourth-order valence-electron chi connectivity index (χ4n) is 0.685. The highest BCUT2D eigenvalue weighted by Gasteiger charge is 2.07. The Morgan fingerprint density at radius 3 is 2.82 bits per heavy atom. The molecule has 0 atom stereocenters. The summed E-state index contributed by atoms with van der Waals surface area (Å²) in [7, 11) is 1.46. The number of hydrogen-bond acceptors (Lipinski definition) is 4. The Hall–Kier alpha value is -0.870. The van der Waals surface area contributed by atoms with E-state index >= 15 is 0 Å². The molecule has 0 aliphatic carbocycles. The van der Waals surface area contributed by atoms with Gasteiger partial charge < -0.3 is 9.84 Å². The lowest BCUT2D eigenvalue weighted by Crippen LogP contribution is -1.97. The minimum absolute atomic E-state index is 0.219. The molecule has 0 fully saturated rings. The standard InChI is InChI=1S/C6H7ClN2O2/c1-11-6-4(2-10)5(7)8-3-9-6/h3,10H,2H2,1H3. The number of halogens is 1. The molecule has 1 N–H and O–H groups in total. The summed E-state index contributed by atoms with van der Waals surface area (Å²) in [6.45, 7) is -0.219. The van der Waals surface area contributed by atoms with Gasteiger partial charge in [0.2, 0.25) is 5.88 Å². The average molecular weight is 175 g/mol. The van der Waals surface area contributed by atoms with Gasteiger partial charge in [-0.2, -0.15) is 0 Å². The number of methoxy groups -OCH3 is 1. The third-order valence-electron chi connectivity index (χ3n) is 1.20. The lowest BCUT2D eigenvalue weighted by Gasteiger charge is -2.03. The molecule has 4 nitrogen and oxygen atoms in total. The highest BCUT2D eigenvalue weighted by Crippen LogP contribution is 2.20. The first-order valence-corrected chi connectivity index (χ1v) is 3.31. The van der Waals surface area contributed by atoms with Gasteiger partial charge in [0.25, 0.3) is 0 Å². The van der Waals surface area contributed by atoms with Gasteiger partial charge in [0.15, 0.2) is 0 Å². The van der Waals surface area contributed by atoms with Gasteiger partial charge in [-0.3, -0.25) is 0 Å². The summed E-state index contributed by atoms with van der Waals surface area (Å²) < 4.78 is 4.82. The monoisotopic (exact) mass is 174 g/mol. The number of aliphatic hydroxyl groups is 1. The minimum Gasteiger partial charge on any atom is -0.481 e. The summed E-state index contributed by atoms with van der Waals surface area (Å²) in [5.41, 5.74) is 0.414. The molecule has 0 spiro atoms. The topological polar surface area (TPSA) is 55.2 Å². The van der Waals surface area contributed by atoms with Crippen molar-refractivity contribution in [3.8, 4) is 5.88 Å². The summed E-state index contributed by atoms with van der Waals surface area (Å²) in [5.74, 6) is 0.313. The molecule has 0 aliphatic rings. The van der Waals surface area contributed by atoms with Crippen molar-refractivity contribution in [2.24, 2.45) is 0 Å². The van der Waals surface area contributed by atoms with E-state index in [1.54, 1.807) is 0 Å². The second-order valence-electron chi connectivity index (χ2n) is 1.81. The van der Waals surface area contributed by atoms with Crippen LogP contribution in [-0.4, -0.2) is 22.2 Å². The molecule has 1 aromatic heterocycles. The van der Waals surface area contributed by atoms with Crippen LogP contribution in [-0.2, 0) is 6.61 Å². The van der Waals surface area contributed by atoms with Gasteiger partial charge in [0.1, 0.15) is 11.5 Å². The molecule has 1 rings (SSSR count). The number of nitrogens with zero attached hydrogens (tertiary/aromatic N) is 2. The van der Waals surface area contributed by atoms with Crippen LogP contribution < -0.4 is 4.74 Å². The lowest BCUT2D eigenvalue weighted by molar-refractivity contribution is 0.271. The maximum Gasteiger partial charge on any atom is 0.223 e. The van der Waals surface area contributed by atoms with Crippen molar-refractivity contribution in [1.29, 1.82) is 0 Å². The normalized spacial score (nSPS) is 9.73. The Bertz CT molecular complexity index is 254. The number of aromatic nitrogens is 2. The molecule has 0 radical (unpaired) electrons. The Morgan fingerprint density at radius 1 is 1.64 bits per heavy atom. The van der Waals surface area contributed by atoms with Crippen molar-refractivity contribution in [2.75, 3.05) is 7.11 Å². The van der Waals surface area contributed by atoms with E-state index in [2.05, 4.69) is 9.97 Å². The molecular weight excluding hydrogens is 168 g/mol. The zero-order chi connectivity index (χ0) is 8.27. The van der Waals surface area contributed by atoms with E-state index in [1.165, 1.54) is 13.4 Å². The number of ether oxygens (including phenoxy) is 1. The lowest BCUT2D eigenvalue weighted by atomic mass is 10.3. The summed E-state index contributed by atoms with van der Waals surface area (Å²) in [5, 5.41) is 9.01. The van der Waals surface area contributed by atoms with Gasteiger partial charge in [-0.15, -0.1) is 0 Å². The molecule has 0 unspecified atom stereocenters. The van der Waals surface area contributed by atoms with Crippen LogP contribution in [0.5, 0.6) is 5.88 Å². The van der Waals surface area contributed by atoms with Crippen molar-refractivity contribution in [3.05, 3.63) is 17.0 Å². The van der Waals surface area contributed by atoms with Crippen LogP contribution in [0.3, 0.4) is 0 Å². The van der Waals surface area contributed by atoms with Crippen LogP contribution in [0.4, 0.5) is 0 Å². The molecule has 0 saturated heterocycles. The second-order valence-corrected chi connectivity index (χ2v) is 2.17. The molecule has 11 heavy (non-hydrogen) atoms. The Kier molecular flexibility index (Phi) is 2.62. The van der Waals surface area contributed by atoms with E-state index in [0.717, 1.165) is 0 Å². The highest BCUT2D eigenvalue weighted by molar-refractivity contribution is 6.30. The molecule has 0 amide bonds. The first kappa shape index (κ1) is 8.23. The van der Waals surface area contributed by atoms with Gasteiger partial charge in [-0.25, -0.2) is 9.97 Å². The molecule has 60 valence electrons. The largest absolute Gasteiger partial charge is 0.481 e. The summed E-state index contributed by atoms with van der Waals surface area (Å²) in [6, 6.07) is 0. The van der Waals surface area contributed by atoms with E-state index < -0.39 is 0 Å². The van der Waals surface area contributed by atoms with Crippen LogP contribution in [0.15, 0.2) is 6.33 Å². The van der Waals surface area contributed by atoms with Crippen LogP contribution in [0, 0.1) is 0 Å². The van der Waals surface area contributed by atoms with Gasteiger partial charge in [0, 0.05) is 0 Å². The molecule has 1 heterocycles. The average Bonchev–Trinajstić information content (AvgIpc) is 2.04. The fourth-order valence-corrected chi connectivity index (χ4v) is 0.869. The Balaban J connectivity index is 3.13. The van der Waals surface area contributed by atoms with E-state index in [9.17, 15) is 0 Å². The molecule has 5 heteroatoms. The predicted octanol–water partition coefficient (Wildman–Crippen LogP) is 0.631. The Morgan fingerprint density at radius 2 is 2.36 bits per heavy atom. The third kappa shape index (κ3) is 1.58. The van der Waals surface area contributed by atoms with E-state index in [-0.39, 0.29) is 11.8 Å². The Labute approximate surface area is 68.8 Å². The van der Waals surface area contributed by atoms with Crippen molar-refractivity contribution in [3.63, 3.8) is 0 Å². The number of aliphatic hydroxyl groups excluding tert-OH is 1. The van der Waals surface area contributed by atoms with E-state index in [4.69, 9.17) is 21.4 Å². The minimum atomic E-state index is -0.219.